The second-order valence-electron chi connectivity index (χ2n) is 8.18. The van der Waals surface area contributed by atoms with Gasteiger partial charge in [-0.3, -0.25) is 4.79 Å². The summed E-state index contributed by atoms with van der Waals surface area (Å²) in [5, 5.41) is 5.05. The van der Waals surface area contributed by atoms with Crippen LogP contribution >= 0.6 is 11.6 Å². The summed E-state index contributed by atoms with van der Waals surface area (Å²) in [6.45, 7) is 1.45. The molecule has 0 unspecified atom stereocenters. The molecule has 30 heavy (non-hydrogen) atoms. The van der Waals surface area contributed by atoms with Gasteiger partial charge >= 0.3 is 0 Å². The number of rotatable bonds is 4. The fourth-order valence-corrected chi connectivity index (χ4v) is 4.40. The quantitative estimate of drug-likeness (QED) is 0.633. The molecule has 6 nitrogen and oxygen atoms in total. The van der Waals surface area contributed by atoms with Gasteiger partial charge in [0.05, 0.1) is 12.2 Å². The number of halogens is 3. The summed E-state index contributed by atoms with van der Waals surface area (Å²) in [4.78, 5) is 22.8. The highest BCUT2D eigenvalue weighted by molar-refractivity contribution is 6.30. The average Bonchev–Trinajstić information content (AvgIpc) is 2.67. The van der Waals surface area contributed by atoms with Gasteiger partial charge in [-0.05, 0) is 23.8 Å². The van der Waals surface area contributed by atoms with Gasteiger partial charge in [0.25, 0.3) is 5.56 Å². The van der Waals surface area contributed by atoms with Crippen LogP contribution in [0, 0.1) is 5.41 Å². The number of nitrogens with zero attached hydrogens (tertiary/aromatic N) is 5. The SMILES string of the molecule is O=c1ccc(-c2cnc(N3CC4(C3)CC(F)(F)C4)nc2)nn1Cc1ccc(Cl)cc1. The second-order valence-corrected chi connectivity index (χ2v) is 8.61. The summed E-state index contributed by atoms with van der Waals surface area (Å²) in [6, 6.07) is 10.3. The first kappa shape index (κ1) is 19.1. The van der Waals surface area contributed by atoms with E-state index in [-0.39, 0.29) is 23.8 Å². The van der Waals surface area contributed by atoms with Gasteiger partial charge in [0.15, 0.2) is 0 Å². The molecule has 1 aliphatic heterocycles. The van der Waals surface area contributed by atoms with E-state index in [4.69, 9.17) is 11.6 Å². The Hall–Kier alpha value is -2.87. The van der Waals surface area contributed by atoms with Crippen LogP contribution in [0.1, 0.15) is 18.4 Å². The fourth-order valence-electron chi connectivity index (χ4n) is 4.27. The monoisotopic (exact) mass is 429 g/mol. The van der Waals surface area contributed by atoms with Crippen molar-refractivity contribution in [3.8, 4) is 11.3 Å². The zero-order valence-electron chi connectivity index (χ0n) is 15.9. The van der Waals surface area contributed by atoms with Crippen LogP contribution in [0.3, 0.4) is 0 Å². The first-order chi connectivity index (χ1) is 14.3. The topological polar surface area (TPSA) is 63.9 Å². The van der Waals surface area contributed by atoms with E-state index in [2.05, 4.69) is 15.1 Å². The largest absolute Gasteiger partial charge is 0.340 e. The third kappa shape index (κ3) is 3.56. The molecule has 2 aromatic heterocycles. The number of anilines is 1. The lowest BCUT2D eigenvalue weighted by atomic mass is 9.61. The highest BCUT2D eigenvalue weighted by Gasteiger charge is 2.62. The van der Waals surface area contributed by atoms with Crippen molar-refractivity contribution in [3.05, 3.63) is 69.7 Å². The minimum absolute atomic E-state index is 0.0479. The van der Waals surface area contributed by atoms with Crippen LogP contribution < -0.4 is 10.5 Å². The molecule has 2 fully saturated rings. The minimum Gasteiger partial charge on any atom is -0.340 e. The lowest BCUT2D eigenvalue weighted by molar-refractivity contribution is -0.170. The van der Waals surface area contributed by atoms with E-state index in [0.717, 1.165) is 5.56 Å². The summed E-state index contributed by atoms with van der Waals surface area (Å²) in [5.74, 6) is -1.99. The molecule has 1 saturated heterocycles. The van der Waals surface area contributed by atoms with Gasteiger partial charge in [0.1, 0.15) is 0 Å². The van der Waals surface area contributed by atoms with E-state index in [1.807, 2.05) is 17.0 Å². The molecule has 0 N–H and O–H groups in total. The second kappa shape index (κ2) is 6.84. The van der Waals surface area contributed by atoms with Gasteiger partial charge in [-0.25, -0.2) is 23.4 Å². The van der Waals surface area contributed by atoms with Gasteiger partial charge in [-0.1, -0.05) is 23.7 Å². The van der Waals surface area contributed by atoms with Gasteiger partial charge in [0.2, 0.25) is 11.9 Å². The Morgan fingerprint density at radius 2 is 1.67 bits per heavy atom. The van der Waals surface area contributed by atoms with Crippen LogP contribution in [0.2, 0.25) is 5.02 Å². The van der Waals surface area contributed by atoms with Crippen LogP contribution in [-0.4, -0.2) is 38.8 Å². The maximum Gasteiger partial charge on any atom is 0.267 e. The van der Waals surface area contributed by atoms with Crippen molar-refractivity contribution in [3.63, 3.8) is 0 Å². The van der Waals surface area contributed by atoms with E-state index in [1.165, 1.54) is 10.7 Å². The molecule has 2 aliphatic rings. The van der Waals surface area contributed by atoms with Crippen molar-refractivity contribution in [2.45, 2.75) is 25.3 Å². The minimum atomic E-state index is -2.52. The zero-order valence-corrected chi connectivity index (χ0v) is 16.7. The normalized spacial score (nSPS) is 18.7. The number of hydrogen-bond acceptors (Lipinski definition) is 5. The Kier molecular flexibility index (Phi) is 4.36. The van der Waals surface area contributed by atoms with Crippen molar-refractivity contribution in [2.24, 2.45) is 5.41 Å². The Balaban J connectivity index is 1.30. The van der Waals surface area contributed by atoms with Crippen LogP contribution in [-0.2, 0) is 6.54 Å². The van der Waals surface area contributed by atoms with Crippen molar-refractivity contribution in [1.82, 2.24) is 19.7 Å². The van der Waals surface area contributed by atoms with Gasteiger partial charge < -0.3 is 4.90 Å². The molecule has 1 saturated carbocycles. The van der Waals surface area contributed by atoms with Crippen LogP contribution in [0.4, 0.5) is 14.7 Å². The predicted octanol–water partition coefficient (Wildman–Crippen LogP) is 3.64. The molecule has 154 valence electrons. The number of hydrogen-bond donors (Lipinski definition) is 0. The molecule has 3 heterocycles. The summed E-state index contributed by atoms with van der Waals surface area (Å²) in [6.07, 6.45) is 3.19. The maximum atomic E-state index is 13.2. The standard InChI is InChI=1S/C21H18ClF2N5O/c22-16-3-1-14(2-4-16)9-29-18(30)6-5-17(27-29)15-7-25-19(26-8-15)28-12-20(13-28)10-21(23,24)11-20/h1-8H,9-13H2. The van der Waals surface area contributed by atoms with E-state index >= 15 is 0 Å². The maximum absolute atomic E-state index is 13.2. The molecule has 1 spiro atoms. The van der Waals surface area contributed by atoms with Gasteiger partial charge in [-0.15, -0.1) is 0 Å². The molecule has 0 radical (unpaired) electrons. The predicted molar refractivity (Wildman–Crippen MR) is 109 cm³/mol. The summed E-state index contributed by atoms with van der Waals surface area (Å²) < 4.78 is 27.7. The third-order valence-electron chi connectivity index (χ3n) is 5.65. The van der Waals surface area contributed by atoms with Crippen molar-refractivity contribution in [1.29, 1.82) is 0 Å². The molecule has 0 bridgehead atoms. The Labute approximate surface area is 176 Å². The molecule has 0 amide bonds. The molecular formula is C21H18ClF2N5O. The van der Waals surface area contributed by atoms with Gasteiger partial charge in [-0.2, -0.15) is 5.10 Å². The van der Waals surface area contributed by atoms with Crippen molar-refractivity contribution < 1.29 is 8.78 Å². The first-order valence-electron chi connectivity index (χ1n) is 9.59. The van der Waals surface area contributed by atoms with Crippen LogP contribution in [0.15, 0.2) is 53.6 Å². The number of alkyl halides is 2. The Bertz CT molecular complexity index is 1130. The van der Waals surface area contributed by atoms with Crippen molar-refractivity contribution in [2.75, 3.05) is 18.0 Å². The molecular weight excluding hydrogens is 412 g/mol. The van der Waals surface area contributed by atoms with Crippen LogP contribution in [0.5, 0.6) is 0 Å². The molecule has 1 aromatic carbocycles. The zero-order chi connectivity index (χ0) is 20.9. The third-order valence-corrected chi connectivity index (χ3v) is 5.90. The lowest BCUT2D eigenvalue weighted by Crippen LogP contribution is -2.66. The molecule has 3 aromatic rings. The number of benzene rings is 1. The first-order valence-corrected chi connectivity index (χ1v) is 9.97. The summed E-state index contributed by atoms with van der Waals surface area (Å²) >= 11 is 5.91. The van der Waals surface area contributed by atoms with Crippen molar-refractivity contribution >= 4 is 17.5 Å². The Morgan fingerprint density at radius 3 is 2.30 bits per heavy atom. The fraction of sp³-hybridized carbons (Fsp3) is 0.333. The highest BCUT2D eigenvalue weighted by atomic mass is 35.5. The average molecular weight is 430 g/mol. The van der Waals surface area contributed by atoms with E-state index < -0.39 is 5.92 Å². The summed E-state index contributed by atoms with van der Waals surface area (Å²) in [7, 11) is 0. The smallest absolute Gasteiger partial charge is 0.267 e. The molecule has 1 aliphatic carbocycles. The lowest BCUT2D eigenvalue weighted by Gasteiger charge is -2.58. The summed E-state index contributed by atoms with van der Waals surface area (Å²) in [5.41, 5.74) is 1.67. The van der Waals surface area contributed by atoms with E-state index in [0.29, 0.717) is 41.9 Å². The van der Waals surface area contributed by atoms with E-state index in [1.54, 1.807) is 30.6 Å². The molecule has 0 atom stereocenters. The van der Waals surface area contributed by atoms with Gasteiger partial charge in [0, 0.05) is 60.4 Å². The number of aromatic nitrogens is 4. The van der Waals surface area contributed by atoms with E-state index in [9.17, 15) is 13.6 Å². The molecule has 5 rings (SSSR count). The molecule has 9 heteroatoms. The Morgan fingerprint density at radius 1 is 1.00 bits per heavy atom. The van der Waals surface area contributed by atoms with Crippen LogP contribution in [0.25, 0.3) is 11.3 Å². The highest BCUT2D eigenvalue weighted by Crippen LogP contribution is 2.57.